The molecular weight excluding hydrogens is 416 g/mol. The van der Waals surface area contributed by atoms with Gasteiger partial charge in [-0.25, -0.2) is 4.98 Å². The maximum absolute atomic E-state index is 4.73. The van der Waals surface area contributed by atoms with E-state index in [9.17, 15) is 0 Å². The van der Waals surface area contributed by atoms with Gasteiger partial charge in [-0.1, -0.05) is 54.6 Å². The SMILES string of the molecule is c1ccc2c(c1)sc1c2ccc2sc3ccc4c5ccccc5c5nccn5c4c3c21. The minimum Gasteiger partial charge on any atom is -0.298 e. The summed E-state index contributed by atoms with van der Waals surface area (Å²) in [7, 11) is 0. The standard InChI is InChI=1S/C27H14N2S2/c1-2-7-19-15(5-1)17-9-11-21-23(25(17)29-14-13-28-27(19)29)24-22(30-21)12-10-18-16-6-3-4-8-20(16)31-26(18)24/h1-14H. The molecule has 0 aliphatic carbocycles. The van der Waals surface area contributed by atoms with E-state index < -0.39 is 0 Å². The number of hydrogen-bond acceptors (Lipinski definition) is 3. The molecule has 4 aromatic carbocycles. The molecule has 2 nitrogen and oxygen atoms in total. The average Bonchev–Trinajstić information content (AvgIpc) is 3.53. The summed E-state index contributed by atoms with van der Waals surface area (Å²) in [6, 6.07) is 26.6. The summed E-state index contributed by atoms with van der Waals surface area (Å²) in [5.41, 5.74) is 2.29. The molecular formula is C27H14N2S2. The maximum Gasteiger partial charge on any atom is 0.145 e. The van der Waals surface area contributed by atoms with E-state index in [-0.39, 0.29) is 0 Å². The third-order valence-corrected chi connectivity index (χ3v) is 8.78. The van der Waals surface area contributed by atoms with E-state index in [1.165, 1.54) is 62.0 Å². The van der Waals surface area contributed by atoms with Crippen LogP contribution in [0.4, 0.5) is 0 Å². The molecule has 31 heavy (non-hydrogen) atoms. The van der Waals surface area contributed by atoms with Crippen LogP contribution in [0.15, 0.2) is 85.2 Å². The molecule has 0 aliphatic rings. The maximum atomic E-state index is 4.73. The predicted molar refractivity (Wildman–Crippen MR) is 136 cm³/mol. The van der Waals surface area contributed by atoms with Crippen LogP contribution >= 0.6 is 22.7 Å². The van der Waals surface area contributed by atoms with Gasteiger partial charge >= 0.3 is 0 Å². The van der Waals surface area contributed by atoms with Crippen LogP contribution < -0.4 is 0 Å². The fourth-order valence-corrected chi connectivity index (χ4v) is 7.61. The van der Waals surface area contributed by atoms with Gasteiger partial charge in [0.2, 0.25) is 0 Å². The minimum absolute atomic E-state index is 1.03. The summed E-state index contributed by atoms with van der Waals surface area (Å²) in [6.07, 6.45) is 4.03. The first kappa shape index (κ1) is 16.3. The van der Waals surface area contributed by atoms with Gasteiger partial charge in [-0.05, 0) is 23.6 Å². The molecule has 4 heteroatoms. The highest BCUT2D eigenvalue weighted by Crippen LogP contribution is 2.47. The van der Waals surface area contributed by atoms with Crippen LogP contribution in [0, 0.1) is 0 Å². The van der Waals surface area contributed by atoms with Crippen LogP contribution in [-0.2, 0) is 0 Å². The number of aromatic nitrogens is 2. The van der Waals surface area contributed by atoms with E-state index in [4.69, 9.17) is 4.98 Å². The molecule has 4 aromatic heterocycles. The summed E-state index contributed by atoms with van der Waals surface area (Å²) >= 11 is 3.80. The van der Waals surface area contributed by atoms with Gasteiger partial charge in [-0.3, -0.25) is 4.40 Å². The van der Waals surface area contributed by atoms with Crippen molar-refractivity contribution in [3.8, 4) is 0 Å². The fourth-order valence-electron chi connectivity index (χ4n) is 5.17. The molecule has 0 fully saturated rings. The quantitative estimate of drug-likeness (QED) is 0.221. The Labute approximate surface area is 184 Å². The van der Waals surface area contributed by atoms with Gasteiger partial charge in [0.05, 0.1) is 5.52 Å². The van der Waals surface area contributed by atoms with Crippen LogP contribution in [0.25, 0.3) is 67.7 Å². The largest absolute Gasteiger partial charge is 0.298 e. The molecule has 0 aliphatic heterocycles. The molecule has 0 atom stereocenters. The number of nitrogens with zero attached hydrogens (tertiary/aromatic N) is 2. The molecule has 0 spiro atoms. The van der Waals surface area contributed by atoms with Gasteiger partial charge in [0.1, 0.15) is 5.65 Å². The van der Waals surface area contributed by atoms with Crippen LogP contribution in [-0.4, -0.2) is 9.38 Å². The smallest absolute Gasteiger partial charge is 0.145 e. The van der Waals surface area contributed by atoms with Gasteiger partial charge < -0.3 is 0 Å². The van der Waals surface area contributed by atoms with Crippen LogP contribution in [0.2, 0.25) is 0 Å². The van der Waals surface area contributed by atoms with E-state index >= 15 is 0 Å². The molecule has 0 saturated heterocycles. The zero-order chi connectivity index (χ0) is 20.1. The van der Waals surface area contributed by atoms with Gasteiger partial charge in [0.25, 0.3) is 0 Å². The fraction of sp³-hybridized carbons (Fsp3) is 0. The van der Waals surface area contributed by atoms with E-state index in [0.29, 0.717) is 0 Å². The zero-order valence-corrected chi connectivity index (χ0v) is 17.9. The number of fused-ring (bicyclic) bond motifs is 14. The van der Waals surface area contributed by atoms with Crippen molar-refractivity contribution >= 4 is 90.3 Å². The van der Waals surface area contributed by atoms with Gasteiger partial charge in [0.15, 0.2) is 0 Å². The number of imidazole rings is 1. The van der Waals surface area contributed by atoms with Crippen molar-refractivity contribution in [2.24, 2.45) is 0 Å². The molecule has 8 aromatic rings. The summed E-state index contributed by atoms with van der Waals surface area (Å²) in [6.45, 7) is 0. The number of benzene rings is 4. The Morgan fingerprint density at radius 1 is 0.581 bits per heavy atom. The summed E-state index contributed by atoms with van der Waals surface area (Å²) in [4.78, 5) is 4.73. The minimum atomic E-state index is 1.03. The van der Waals surface area contributed by atoms with Crippen molar-refractivity contribution in [1.82, 2.24) is 9.38 Å². The van der Waals surface area contributed by atoms with Crippen molar-refractivity contribution < 1.29 is 0 Å². The third-order valence-electron chi connectivity index (χ3n) is 6.46. The number of rotatable bonds is 0. The van der Waals surface area contributed by atoms with E-state index in [0.717, 1.165) is 5.65 Å². The topological polar surface area (TPSA) is 17.3 Å². The Balaban J connectivity index is 1.74. The van der Waals surface area contributed by atoms with Crippen molar-refractivity contribution in [3.63, 3.8) is 0 Å². The zero-order valence-electron chi connectivity index (χ0n) is 16.3. The highest BCUT2D eigenvalue weighted by atomic mass is 32.1. The van der Waals surface area contributed by atoms with Gasteiger partial charge in [0, 0.05) is 63.5 Å². The molecule has 0 radical (unpaired) electrons. The lowest BCUT2D eigenvalue weighted by atomic mass is 10.0. The molecule has 0 amide bonds. The Kier molecular flexibility index (Phi) is 2.94. The van der Waals surface area contributed by atoms with E-state index in [1.54, 1.807) is 0 Å². The lowest BCUT2D eigenvalue weighted by Crippen LogP contribution is -1.91. The number of hydrogen-bond donors (Lipinski definition) is 0. The molecule has 8 rings (SSSR count). The van der Waals surface area contributed by atoms with Crippen molar-refractivity contribution in [2.45, 2.75) is 0 Å². The summed E-state index contributed by atoms with van der Waals surface area (Å²) in [5, 5.41) is 9.19. The average molecular weight is 431 g/mol. The van der Waals surface area contributed by atoms with E-state index in [1.807, 2.05) is 28.9 Å². The van der Waals surface area contributed by atoms with Crippen molar-refractivity contribution in [3.05, 3.63) is 85.2 Å². The monoisotopic (exact) mass is 430 g/mol. The summed E-state index contributed by atoms with van der Waals surface area (Å²) in [5.74, 6) is 0. The first-order chi connectivity index (χ1) is 15.4. The second-order valence-electron chi connectivity index (χ2n) is 8.02. The third kappa shape index (κ3) is 1.95. The Morgan fingerprint density at radius 3 is 2.23 bits per heavy atom. The van der Waals surface area contributed by atoms with Gasteiger partial charge in [-0.15, -0.1) is 22.7 Å². The normalized spacial score (nSPS) is 12.5. The van der Waals surface area contributed by atoms with Crippen molar-refractivity contribution in [2.75, 3.05) is 0 Å². The molecule has 0 unspecified atom stereocenters. The van der Waals surface area contributed by atoms with Crippen LogP contribution in [0.3, 0.4) is 0 Å². The second-order valence-corrected chi connectivity index (χ2v) is 10.2. The Morgan fingerprint density at radius 2 is 1.32 bits per heavy atom. The molecule has 144 valence electrons. The summed E-state index contributed by atoms with van der Waals surface area (Å²) < 4.78 is 7.71. The molecule has 4 heterocycles. The lowest BCUT2D eigenvalue weighted by Gasteiger charge is -2.10. The molecule has 0 bridgehead atoms. The Hall–Kier alpha value is -3.47. The highest BCUT2D eigenvalue weighted by Gasteiger charge is 2.18. The van der Waals surface area contributed by atoms with Crippen molar-refractivity contribution in [1.29, 1.82) is 0 Å². The predicted octanol–water partition coefficient (Wildman–Crippen LogP) is 8.38. The second kappa shape index (κ2) is 5.61. The Bertz CT molecular complexity index is 2000. The first-order valence-corrected chi connectivity index (χ1v) is 11.9. The highest BCUT2D eigenvalue weighted by molar-refractivity contribution is 7.29. The van der Waals surface area contributed by atoms with Crippen LogP contribution in [0.5, 0.6) is 0 Å². The van der Waals surface area contributed by atoms with Crippen LogP contribution in [0.1, 0.15) is 0 Å². The number of pyridine rings is 1. The van der Waals surface area contributed by atoms with Gasteiger partial charge in [-0.2, -0.15) is 0 Å². The molecule has 0 saturated carbocycles. The number of thiophene rings is 2. The van der Waals surface area contributed by atoms with E-state index in [2.05, 4.69) is 83.4 Å². The molecule has 0 N–H and O–H groups in total. The first-order valence-electron chi connectivity index (χ1n) is 10.3. The lowest BCUT2D eigenvalue weighted by molar-refractivity contribution is 1.28.